The summed E-state index contributed by atoms with van der Waals surface area (Å²) >= 11 is 0. The molecule has 6 nitrogen and oxygen atoms in total. The fourth-order valence-corrected chi connectivity index (χ4v) is 2.30. The average molecular weight is 319 g/mol. The van der Waals surface area contributed by atoms with Gasteiger partial charge in [0.05, 0.1) is 0 Å². The highest BCUT2D eigenvalue weighted by Gasteiger charge is 2.20. The van der Waals surface area contributed by atoms with E-state index in [0.717, 1.165) is 26.2 Å². The second kappa shape index (κ2) is 7.00. The van der Waals surface area contributed by atoms with E-state index in [1.807, 2.05) is 25.7 Å². The lowest BCUT2D eigenvalue weighted by Crippen LogP contribution is -2.47. The molecule has 1 N–H and O–H groups in total. The third-order valence-corrected chi connectivity index (χ3v) is 3.58. The van der Waals surface area contributed by atoms with Crippen molar-refractivity contribution in [3.63, 3.8) is 0 Å². The highest BCUT2D eigenvalue weighted by Crippen LogP contribution is 2.15. The van der Waals surface area contributed by atoms with E-state index in [9.17, 15) is 9.59 Å². The summed E-state index contributed by atoms with van der Waals surface area (Å²) < 4.78 is 5.20. The first-order valence-corrected chi connectivity index (χ1v) is 7.82. The van der Waals surface area contributed by atoms with Crippen LogP contribution in [-0.2, 0) is 0 Å². The van der Waals surface area contributed by atoms with Gasteiger partial charge in [-0.2, -0.15) is 0 Å². The molecule has 1 fully saturated rings. The number of nitrogens with one attached hydrogen (secondary N) is 1. The zero-order valence-electron chi connectivity index (χ0n) is 14.3. The van der Waals surface area contributed by atoms with Gasteiger partial charge in [0, 0.05) is 37.3 Å². The first-order chi connectivity index (χ1) is 10.7. The molecule has 0 aliphatic carbocycles. The fraction of sp³-hybridized carbons (Fsp3) is 0.529. The van der Waals surface area contributed by atoms with Crippen LogP contribution in [0.4, 0.5) is 4.79 Å². The van der Waals surface area contributed by atoms with Crippen LogP contribution < -0.4 is 10.1 Å². The van der Waals surface area contributed by atoms with Crippen molar-refractivity contribution < 1.29 is 14.3 Å². The SMILES string of the molecule is CN1CCN(C(=O)c2ccc(OC(=O)NC(C)(C)C)cc2)CC1. The summed E-state index contributed by atoms with van der Waals surface area (Å²) in [7, 11) is 2.05. The Labute approximate surface area is 137 Å². The number of carbonyl (C=O) groups excluding carboxylic acids is 2. The minimum atomic E-state index is -0.504. The van der Waals surface area contributed by atoms with Gasteiger partial charge in [-0.25, -0.2) is 4.79 Å². The maximum absolute atomic E-state index is 12.4. The molecule has 0 unspecified atom stereocenters. The third kappa shape index (κ3) is 5.25. The van der Waals surface area contributed by atoms with E-state index in [2.05, 4.69) is 17.3 Å². The summed E-state index contributed by atoms with van der Waals surface area (Å²) in [6, 6.07) is 6.68. The Kier molecular flexibility index (Phi) is 5.26. The maximum Gasteiger partial charge on any atom is 0.413 e. The minimum Gasteiger partial charge on any atom is -0.410 e. The van der Waals surface area contributed by atoms with Gasteiger partial charge in [0.2, 0.25) is 0 Å². The van der Waals surface area contributed by atoms with Crippen molar-refractivity contribution >= 4 is 12.0 Å². The zero-order valence-corrected chi connectivity index (χ0v) is 14.3. The van der Waals surface area contributed by atoms with E-state index in [-0.39, 0.29) is 11.4 Å². The van der Waals surface area contributed by atoms with Crippen LogP contribution in [0.5, 0.6) is 5.75 Å². The van der Waals surface area contributed by atoms with E-state index >= 15 is 0 Å². The van der Waals surface area contributed by atoms with Crippen molar-refractivity contribution in [2.24, 2.45) is 0 Å². The molecular weight excluding hydrogens is 294 g/mol. The Hall–Kier alpha value is -2.08. The Morgan fingerprint density at radius 3 is 2.13 bits per heavy atom. The zero-order chi connectivity index (χ0) is 17.0. The molecule has 6 heteroatoms. The quantitative estimate of drug-likeness (QED) is 0.905. The molecule has 0 atom stereocenters. The lowest BCUT2D eigenvalue weighted by Gasteiger charge is -2.32. The first-order valence-electron chi connectivity index (χ1n) is 7.82. The molecule has 2 rings (SSSR count). The second-order valence-electron chi connectivity index (χ2n) is 6.88. The minimum absolute atomic E-state index is 0.0174. The van der Waals surface area contributed by atoms with Crippen LogP contribution >= 0.6 is 0 Å². The number of benzene rings is 1. The molecule has 1 aromatic rings. The van der Waals surface area contributed by atoms with Crippen molar-refractivity contribution in [1.29, 1.82) is 0 Å². The molecule has 0 bridgehead atoms. The second-order valence-corrected chi connectivity index (χ2v) is 6.88. The summed E-state index contributed by atoms with van der Waals surface area (Å²) in [5.74, 6) is 0.436. The molecule has 2 amide bonds. The van der Waals surface area contributed by atoms with Gasteiger partial charge in [-0.3, -0.25) is 4.79 Å². The predicted octanol–water partition coefficient (Wildman–Crippen LogP) is 1.96. The van der Waals surface area contributed by atoms with Gasteiger partial charge < -0.3 is 19.9 Å². The Morgan fingerprint density at radius 2 is 1.61 bits per heavy atom. The molecule has 0 aromatic heterocycles. The van der Waals surface area contributed by atoms with E-state index < -0.39 is 6.09 Å². The van der Waals surface area contributed by atoms with Crippen molar-refractivity contribution in [2.75, 3.05) is 33.2 Å². The van der Waals surface area contributed by atoms with Crippen molar-refractivity contribution in [2.45, 2.75) is 26.3 Å². The van der Waals surface area contributed by atoms with Crippen molar-refractivity contribution in [1.82, 2.24) is 15.1 Å². The van der Waals surface area contributed by atoms with E-state index in [1.165, 1.54) is 0 Å². The number of rotatable bonds is 2. The lowest BCUT2D eigenvalue weighted by molar-refractivity contribution is 0.0664. The summed E-state index contributed by atoms with van der Waals surface area (Å²) in [4.78, 5) is 28.2. The molecule has 23 heavy (non-hydrogen) atoms. The van der Waals surface area contributed by atoms with E-state index in [1.54, 1.807) is 24.3 Å². The fourth-order valence-electron chi connectivity index (χ4n) is 2.30. The number of amides is 2. The van der Waals surface area contributed by atoms with Crippen LogP contribution in [0.1, 0.15) is 31.1 Å². The monoisotopic (exact) mass is 319 g/mol. The van der Waals surface area contributed by atoms with Crippen molar-refractivity contribution in [3.8, 4) is 5.75 Å². The first kappa shape index (κ1) is 17.3. The van der Waals surface area contributed by atoms with Gasteiger partial charge in [0.25, 0.3) is 5.91 Å². The molecule has 1 aromatic carbocycles. The van der Waals surface area contributed by atoms with Gasteiger partial charge in [-0.1, -0.05) is 0 Å². The number of ether oxygens (including phenoxy) is 1. The smallest absolute Gasteiger partial charge is 0.410 e. The lowest BCUT2D eigenvalue weighted by atomic mass is 10.1. The predicted molar refractivity (Wildman–Crippen MR) is 88.8 cm³/mol. The van der Waals surface area contributed by atoms with Crippen LogP contribution in [-0.4, -0.2) is 60.6 Å². The van der Waals surface area contributed by atoms with E-state index in [0.29, 0.717) is 11.3 Å². The number of likely N-dealkylation sites (N-methyl/N-ethyl adjacent to an activating group) is 1. The Bertz CT molecular complexity index is 555. The van der Waals surface area contributed by atoms with Gasteiger partial charge in [0.15, 0.2) is 0 Å². The number of hydrogen-bond donors (Lipinski definition) is 1. The molecular formula is C17H25N3O3. The molecule has 126 valence electrons. The summed E-state index contributed by atoms with van der Waals surface area (Å²) in [5.41, 5.74) is 0.257. The van der Waals surface area contributed by atoms with Crippen LogP contribution in [0.3, 0.4) is 0 Å². The van der Waals surface area contributed by atoms with Crippen LogP contribution in [0, 0.1) is 0 Å². The summed E-state index contributed by atoms with van der Waals surface area (Å²) in [6.45, 7) is 8.90. The standard InChI is InChI=1S/C17H25N3O3/c1-17(2,3)18-16(22)23-14-7-5-13(6-8-14)15(21)20-11-9-19(4)10-12-20/h5-8H,9-12H2,1-4H3,(H,18,22). The summed E-state index contributed by atoms with van der Waals surface area (Å²) in [5, 5.41) is 2.72. The van der Waals surface area contributed by atoms with Crippen LogP contribution in [0.25, 0.3) is 0 Å². The van der Waals surface area contributed by atoms with Gasteiger partial charge in [-0.05, 0) is 52.1 Å². The van der Waals surface area contributed by atoms with Crippen LogP contribution in [0.15, 0.2) is 24.3 Å². The summed E-state index contributed by atoms with van der Waals surface area (Å²) in [6.07, 6.45) is -0.504. The van der Waals surface area contributed by atoms with Gasteiger partial charge in [0.1, 0.15) is 5.75 Å². The Morgan fingerprint density at radius 1 is 1.04 bits per heavy atom. The number of carbonyl (C=O) groups is 2. The van der Waals surface area contributed by atoms with Crippen LogP contribution in [0.2, 0.25) is 0 Å². The molecule has 1 aliphatic rings. The number of nitrogens with zero attached hydrogens (tertiary/aromatic N) is 2. The normalized spacial score (nSPS) is 16.1. The highest BCUT2D eigenvalue weighted by molar-refractivity contribution is 5.94. The average Bonchev–Trinajstić information content (AvgIpc) is 2.46. The van der Waals surface area contributed by atoms with E-state index in [4.69, 9.17) is 4.74 Å². The third-order valence-electron chi connectivity index (χ3n) is 3.58. The molecule has 0 spiro atoms. The molecule has 1 aliphatic heterocycles. The maximum atomic E-state index is 12.4. The number of piperazine rings is 1. The topological polar surface area (TPSA) is 61.9 Å². The van der Waals surface area contributed by atoms with Gasteiger partial charge in [-0.15, -0.1) is 0 Å². The van der Waals surface area contributed by atoms with Crippen molar-refractivity contribution in [3.05, 3.63) is 29.8 Å². The molecule has 0 radical (unpaired) electrons. The molecule has 1 saturated heterocycles. The largest absolute Gasteiger partial charge is 0.413 e. The molecule has 1 heterocycles. The highest BCUT2D eigenvalue weighted by atomic mass is 16.6. The Balaban J connectivity index is 1.94. The van der Waals surface area contributed by atoms with Gasteiger partial charge >= 0.3 is 6.09 Å². The molecule has 0 saturated carbocycles. The number of hydrogen-bond acceptors (Lipinski definition) is 4.